The second kappa shape index (κ2) is 10.2. The van der Waals surface area contributed by atoms with Crippen LogP contribution >= 0.6 is 0 Å². The largest absolute Gasteiger partial charge is 0.490 e. The van der Waals surface area contributed by atoms with Gasteiger partial charge in [-0.2, -0.15) is 0 Å². The molecule has 10 heteroatoms. The zero-order valence-electron chi connectivity index (χ0n) is 17.0. The first-order valence-corrected chi connectivity index (χ1v) is 9.59. The van der Waals surface area contributed by atoms with E-state index < -0.39 is 47.9 Å². The Morgan fingerprint density at radius 3 is 2.53 bits per heavy atom. The van der Waals surface area contributed by atoms with Crippen LogP contribution in [-0.4, -0.2) is 53.5 Å². The molecule has 1 heterocycles. The summed E-state index contributed by atoms with van der Waals surface area (Å²) in [5.41, 5.74) is 0. The number of benzene rings is 1. The van der Waals surface area contributed by atoms with Gasteiger partial charge in [0.15, 0.2) is 11.6 Å². The number of carbonyl (C=O) groups excluding carboxylic acids is 2. The molecule has 1 fully saturated rings. The van der Waals surface area contributed by atoms with Gasteiger partial charge in [-0.3, -0.25) is 9.69 Å². The van der Waals surface area contributed by atoms with Crippen LogP contribution in [-0.2, 0) is 19.1 Å². The van der Waals surface area contributed by atoms with E-state index in [-0.39, 0.29) is 37.7 Å². The number of esters is 1. The van der Waals surface area contributed by atoms with Gasteiger partial charge in [0.2, 0.25) is 0 Å². The number of halogens is 2. The molecule has 1 amide bonds. The van der Waals surface area contributed by atoms with E-state index in [0.717, 1.165) is 23.1 Å². The maximum Gasteiger partial charge on any atom is 0.413 e. The molecule has 1 N–H and O–H groups in total. The van der Waals surface area contributed by atoms with Crippen LogP contribution < -0.4 is 4.74 Å². The number of ether oxygens (including phenoxy) is 3. The number of hydrogen-bond acceptors (Lipinski definition) is 6. The van der Waals surface area contributed by atoms with Crippen molar-refractivity contribution in [2.75, 3.05) is 13.2 Å². The van der Waals surface area contributed by atoms with E-state index >= 15 is 0 Å². The Kier molecular flexibility index (Phi) is 7.96. The van der Waals surface area contributed by atoms with Gasteiger partial charge in [-0.15, -0.1) is 0 Å². The summed E-state index contributed by atoms with van der Waals surface area (Å²) in [5.74, 6) is -4.30. The Hall–Kier alpha value is -2.91. The van der Waals surface area contributed by atoms with Crippen LogP contribution in [0.15, 0.2) is 18.2 Å². The Morgan fingerprint density at radius 1 is 1.23 bits per heavy atom. The highest BCUT2D eigenvalue weighted by molar-refractivity contribution is 5.81. The lowest BCUT2D eigenvalue weighted by Crippen LogP contribution is -2.43. The third-order valence-electron chi connectivity index (χ3n) is 4.57. The topological polar surface area (TPSA) is 102 Å². The number of nitrogens with zero attached hydrogens (tertiary/aromatic N) is 1. The second-order valence-corrected chi connectivity index (χ2v) is 7.33. The molecule has 0 aliphatic carbocycles. The summed E-state index contributed by atoms with van der Waals surface area (Å²) in [5, 5.41) is 9.46. The molecule has 0 spiro atoms. The minimum atomic E-state index is -1.24. The summed E-state index contributed by atoms with van der Waals surface area (Å²) in [7, 11) is 0. The molecule has 1 saturated heterocycles. The molecule has 1 aromatic rings. The third kappa shape index (κ3) is 6.04. The lowest BCUT2D eigenvalue weighted by molar-refractivity contribution is -0.177. The molecule has 8 nitrogen and oxygen atoms in total. The van der Waals surface area contributed by atoms with E-state index in [4.69, 9.17) is 14.2 Å². The van der Waals surface area contributed by atoms with Gasteiger partial charge < -0.3 is 19.3 Å². The van der Waals surface area contributed by atoms with Crippen molar-refractivity contribution in [2.45, 2.75) is 45.9 Å². The van der Waals surface area contributed by atoms with Crippen LogP contribution in [0.3, 0.4) is 0 Å². The van der Waals surface area contributed by atoms with E-state index in [0.29, 0.717) is 0 Å². The third-order valence-corrected chi connectivity index (χ3v) is 4.57. The molecule has 0 bridgehead atoms. The minimum Gasteiger partial charge on any atom is -0.490 e. The van der Waals surface area contributed by atoms with Crippen LogP contribution in [0, 0.1) is 23.5 Å². The molecule has 0 aromatic heterocycles. The highest BCUT2D eigenvalue weighted by Gasteiger charge is 2.42. The number of aliphatic carboxylic acids is 1. The van der Waals surface area contributed by atoms with E-state index in [2.05, 4.69) is 0 Å². The van der Waals surface area contributed by atoms with E-state index in [1.54, 1.807) is 20.8 Å². The number of carbonyl (C=O) groups is 3. The van der Waals surface area contributed by atoms with E-state index in [1.807, 2.05) is 0 Å². The molecular formula is C20H25F2NO7. The predicted molar refractivity (Wildman–Crippen MR) is 99.6 cm³/mol. The molecule has 1 aliphatic rings. The van der Waals surface area contributed by atoms with Gasteiger partial charge in [-0.25, -0.2) is 18.4 Å². The molecule has 3 atom stereocenters. The van der Waals surface area contributed by atoms with E-state index in [9.17, 15) is 28.3 Å². The van der Waals surface area contributed by atoms with Gasteiger partial charge in [0.25, 0.3) is 6.29 Å². The van der Waals surface area contributed by atoms with Crippen molar-refractivity contribution in [1.29, 1.82) is 0 Å². The Labute approximate surface area is 172 Å². The number of carboxylic acid groups (broad SMARTS) is 1. The summed E-state index contributed by atoms with van der Waals surface area (Å²) in [6.45, 7) is 4.81. The molecule has 2 rings (SSSR count). The number of hydrogen-bond donors (Lipinski definition) is 1. The van der Waals surface area contributed by atoms with Gasteiger partial charge in [-0.1, -0.05) is 20.8 Å². The lowest BCUT2D eigenvalue weighted by atomic mass is 10.1. The summed E-state index contributed by atoms with van der Waals surface area (Å²) in [6, 6.07) is 1.58. The summed E-state index contributed by atoms with van der Waals surface area (Å²) in [4.78, 5) is 36.7. The molecule has 166 valence electrons. The smallest absolute Gasteiger partial charge is 0.413 e. The van der Waals surface area contributed by atoms with Crippen molar-refractivity contribution in [3.05, 3.63) is 29.8 Å². The van der Waals surface area contributed by atoms with Crippen LogP contribution in [0.2, 0.25) is 0 Å². The SMILES string of the molecule is CCC(=O)O[C@H](OC(=O)N1C[C@@H](COc2cc(F)ccc2F)C[C@H]1C(=O)O)C(C)C. The Morgan fingerprint density at radius 2 is 1.93 bits per heavy atom. The van der Waals surface area contributed by atoms with Gasteiger partial charge in [0.1, 0.15) is 11.9 Å². The van der Waals surface area contributed by atoms with Crippen LogP contribution in [0.1, 0.15) is 33.6 Å². The number of carboxylic acids is 1. The summed E-state index contributed by atoms with van der Waals surface area (Å²) >= 11 is 0. The fourth-order valence-corrected chi connectivity index (χ4v) is 2.95. The molecule has 0 radical (unpaired) electrons. The average Bonchev–Trinajstić information content (AvgIpc) is 3.12. The fourth-order valence-electron chi connectivity index (χ4n) is 2.95. The van der Waals surface area contributed by atoms with Crippen LogP contribution in [0.5, 0.6) is 5.75 Å². The first-order chi connectivity index (χ1) is 14.1. The summed E-state index contributed by atoms with van der Waals surface area (Å²) in [6.07, 6.45) is -1.96. The Balaban J connectivity index is 2.03. The molecule has 30 heavy (non-hydrogen) atoms. The van der Waals surface area contributed by atoms with E-state index in [1.165, 1.54) is 0 Å². The van der Waals surface area contributed by atoms with Gasteiger partial charge in [0, 0.05) is 30.9 Å². The maximum absolute atomic E-state index is 13.7. The second-order valence-electron chi connectivity index (χ2n) is 7.33. The quantitative estimate of drug-likeness (QED) is 0.500. The molecule has 0 saturated carbocycles. The monoisotopic (exact) mass is 429 g/mol. The molecule has 1 aromatic carbocycles. The summed E-state index contributed by atoms with van der Waals surface area (Å²) < 4.78 is 42.5. The minimum absolute atomic E-state index is 0.0285. The van der Waals surface area contributed by atoms with Gasteiger partial charge in [-0.05, 0) is 18.6 Å². The fraction of sp³-hybridized carbons (Fsp3) is 0.550. The van der Waals surface area contributed by atoms with Crippen molar-refractivity contribution in [2.24, 2.45) is 11.8 Å². The molecular weight excluding hydrogens is 404 g/mol. The highest BCUT2D eigenvalue weighted by atomic mass is 19.1. The van der Waals surface area contributed by atoms with Crippen LogP contribution in [0.25, 0.3) is 0 Å². The molecule has 1 aliphatic heterocycles. The van der Waals surface area contributed by atoms with Crippen LogP contribution in [0.4, 0.5) is 13.6 Å². The van der Waals surface area contributed by atoms with Crippen molar-refractivity contribution in [3.63, 3.8) is 0 Å². The number of rotatable bonds is 8. The van der Waals surface area contributed by atoms with Crippen molar-refractivity contribution in [3.8, 4) is 5.75 Å². The number of likely N-dealkylation sites (tertiary alicyclic amines) is 1. The van der Waals surface area contributed by atoms with Gasteiger partial charge in [0.05, 0.1) is 6.61 Å². The van der Waals surface area contributed by atoms with Crippen molar-refractivity contribution >= 4 is 18.0 Å². The zero-order valence-corrected chi connectivity index (χ0v) is 17.0. The van der Waals surface area contributed by atoms with Gasteiger partial charge >= 0.3 is 18.0 Å². The predicted octanol–water partition coefficient (Wildman–Crippen LogP) is 3.19. The Bertz CT molecular complexity index is 786. The first-order valence-electron chi connectivity index (χ1n) is 9.59. The lowest BCUT2D eigenvalue weighted by Gasteiger charge is -2.26. The average molecular weight is 429 g/mol. The van der Waals surface area contributed by atoms with Crippen molar-refractivity contribution in [1.82, 2.24) is 4.90 Å². The zero-order chi connectivity index (χ0) is 22.4. The standard InChI is InChI=1S/C20H25F2NO7/c1-4-17(24)29-19(11(2)3)30-20(27)23-9-12(7-15(23)18(25)26)10-28-16-8-13(21)5-6-14(16)22/h5-6,8,11-12,15,19H,4,7,9-10H2,1-3H3,(H,25,26)/t12-,15-,19+/m0/s1. The normalized spacial score (nSPS) is 19.5. The maximum atomic E-state index is 13.7. The number of amides is 1. The molecule has 0 unspecified atom stereocenters. The van der Waals surface area contributed by atoms with Crippen molar-refractivity contribution < 1.29 is 42.5 Å². The highest BCUT2D eigenvalue weighted by Crippen LogP contribution is 2.27. The first kappa shape index (κ1) is 23.4.